The Morgan fingerprint density at radius 2 is 1.97 bits per heavy atom. The van der Waals surface area contributed by atoms with Gasteiger partial charge < -0.3 is 9.88 Å². The summed E-state index contributed by atoms with van der Waals surface area (Å²) in [6.07, 6.45) is 2.46. The molecule has 0 spiro atoms. The number of H-pyrrole nitrogens is 2. The molecule has 2 N–H and O–H groups in total. The van der Waals surface area contributed by atoms with Crippen LogP contribution in [0.15, 0.2) is 39.9 Å². The van der Waals surface area contributed by atoms with Gasteiger partial charge in [0, 0.05) is 31.2 Å². The fourth-order valence-electron chi connectivity index (χ4n) is 4.91. The first kappa shape index (κ1) is 23.0. The topological polar surface area (TPSA) is 117 Å². The minimum atomic E-state index is -0.575. The van der Waals surface area contributed by atoms with Gasteiger partial charge in [-0.25, -0.2) is 14.8 Å². The lowest BCUT2D eigenvalue weighted by atomic mass is 9.96. The SMILES string of the molecule is CCCn1c(=O)[nH]c(=O)c2c(C(=O)N3CCCC(c4nc5ccccc5[nH]4)C3)cc(C(C)C)nc21. The average molecular weight is 475 g/mol. The molecule has 4 aromatic rings. The maximum atomic E-state index is 13.9. The van der Waals surface area contributed by atoms with E-state index in [0.717, 1.165) is 29.7 Å². The fourth-order valence-corrected chi connectivity index (χ4v) is 4.91. The summed E-state index contributed by atoms with van der Waals surface area (Å²) in [6, 6.07) is 9.61. The highest BCUT2D eigenvalue weighted by Crippen LogP contribution is 2.29. The van der Waals surface area contributed by atoms with Gasteiger partial charge in [0.25, 0.3) is 11.5 Å². The summed E-state index contributed by atoms with van der Waals surface area (Å²) in [4.78, 5) is 56.3. The summed E-state index contributed by atoms with van der Waals surface area (Å²) in [6.45, 7) is 7.43. The van der Waals surface area contributed by atoms with Gasteiger partial charge in [-0.15, -0.1) is 0 Å². The van der Waals surface area contributed by atoms with Gasteiger partial charge in [-0.3, -0.25) is 19.1 Å². The first-order valence-corrected chi connectivity index (χ1v) is 12.3. The molecule has 182 valence electrons. The number of fused-ring (bicyclic) bond motifs is 2. The maximum absolute atomic E-state index is 13.9. The summed E-state index contributed by atoms with van der Waals surface area (Å²) >= 11 is 0. The predicted octanol–water partition coefficient (Wildman–Crippen LogP) is 3.51. The summed E-state index contributed by atoms with van der Waals surface area (Å²) in [7, 11) is 0. The standard InChI is InChI=1S/C26H30N6O3/c1-4-11-32-23-21(24(33)30-26(32)35)17(13-20(29-23)15(2)3)25(34)31-12-7-8-16(14-31)22-27-18-9-5-6-10-19(18)28-22/h5-6,9-10,13,15-16H,4,7-8,11-12,14H2,1-3H3,(H,27,28)(H,30,33,35). The third kappa shape index (κ3) is 4.15. The number of carbonyl (C=O) groups is 1. The van der Waals surface area contributed by atoms with Crippen LogP contribution in [0.3, 0.4) is 0 Å². The van der Waals surface area contributed by atoms with Crippen molar-refractivity contribution in [1.29, 1.82) is 0 Å². The summed E-state index contributed by atoms with van der Waals surface area (Å²) in [5, 5.41) is 0.179. The fraction of sp³-hybridized carbons (Fsp3) is 0.423. The molecule has 9 nitrogen and oxygen atoms in total. The van der Waals surface area contributed by atoms with Crippen molar-refractivity contribution >= 4 is 28.0 Å². The van der Waals surface area contributed by atoms with Crippen molar-refractivity contribution in [3.8, 4) is 0 Å². The van der Waals surface area contributed by atoms with Gasteiger partial charge in [-0.05, 0) is 43.4 Å². The van der Waals surface area contributed by atoms with Crippen molar-refractivity contribution < 1.29 is 4.79 Å². The van der Waals surface area contributed by atoms with Crippen LogP contribution < -0.4 is 11.2 Å². The van der Waals surface area contributed by atoms with Crippen LogP contribution in [0.1, 0.15) is 73.7 Å². The number of aryl methyl sites for hydroxylation is 1. The zero-order valence-corrected chi connectivity index (χ0v) is 20.3. The molecular formula is C26H30N6O3. The molecule has 0 radical (unpaired) electrons. The van der Waals surface area contributed by atoms with Gasteiger partial charge >= 0.3 is 5.69 Å². The van der Waals surface area contributed by atoms with Gasteiger partial charge in [0.05, 0.1) is 22.0 Å². The Kier molecular flexibility index (Phi) is 6.00. The Morgan fingerprint density at radius 1 is 1.17 bits per heavy atom. The molecule has 1 atom stereocenters. The number of pyridine rings is 1. The molecule has 35 heavy (non-hydrogen) atoms. The van der Waals surface area contributed by atoms with Crippen molar-refractivity contribution in [3.05, 3.63) is 68.3 Å². The number of aromatic nitrogens is 5. The predicted molar refractivity (Wildman–Crippen MR) is 135 cm³/mol. The van der Waals surface area contributed by atoms with E-state index in [1.54, 1.807) is 11.0 Å². The van der Waals surface area contributed by atoms with Gasteiger partial charge in [0.15, 0.2) is 5.65 Å². The second-order valence-electron chi connectivity index (χ2n) is 9.59. The minimum Gasteiger partial charge on any atom is -0.342 e. The van der Waals surface area contributed by atoms with E-state index in [2.05, 4.69) is 15.0 Å². The third-order valence-electron chi connectivity index (χ3n) is 6.74. The molecule has 3 aromatic heterocycles. The number of likely N-dealkylation sites (tertiary alicyclic amines) is 1. The molecule has 5 rings (SSSR count). The monoisotopic (exact) mass is 474 g/mol. The van der Waals surface area contributed by atoms with Crippen LogP contribution in [0.4, 0.5) is 0 Å². The molecule has 1 aromatic carbocycles. The lowest BCUT2D eigenvalue weighted by molar-refractivity contribution is 0.0706. The Morgan fingerprint density at radius 3 is 2.71 bits per heavy atom. The zero-order chi connectivity index (χ0) is 24.7. The number of amides is 1. The second-order valence-corrected chi connectivity index (χ2v) is 9.59. The number of imidazole rings is 1. The van der Waals surface area contributed by atoms with Crippen LogP contribution in [-0.2, 0) is 6.54 Å². The van der Waals surface area contributed by atoms with E-state index in [0.29, 0.717) is 37.3 Å². The number of aromatic amines is 2. The van der Waals surface area contributed by atoms with E-state index in [1.165, 1.54) is 4.57 Å². The van der Waals surface area contributed by atoms with E-state index in [1.807, 2.05) is 45.0 Å². The highest BCUT2D eigenvalue weighted by Gasteiger charge is 2.30. The van der Waals surface area contributed by atoms with Crippen molar-refractivity contribution in [2.24, 2.45) is 0 Å². The molecule has 1 fully saturated rings. The summed E-state index contributed by atoms with van der Waals surface area (Å²) in [5.41, 5.74) is 2.08. The number of para-hydroxylation sites is 2. The van der Waals surface area contributed by atoms with Crippen LogP contribution in [0, 0.1) is 0 Å². The average Bonchev–Trinajstić information content (AvgIpc) is 3.30. The van der Waals surface area contributed by atoms with Crippen molar-refractivity contribution in [2.45, 2.75) is 58.4 Å². The number of carbonyl (C=O) groups excluding carboxylic acids is 1. The molecule has 1 amide bonds. The van der Waals surface area contributed by atoms with E-state index < -0.39 is 11.2 Å². The first-order chi connectivity index (χ1) is 16.9. The van der Waals surface area contributed by atoms with Crippen LogP contribution in [0.2, 0.25) is 0 Å². The highest BCUT2D eigenvalue weighted by atomic mass is 16.2. The molecule has 0 saturated carbocycles. The Balaban J connectivity index is 1.57. The van der Waals surface area contributed by atoms with Crippen LogP contribution in [-0.4, -0.2) is 48.4 Å². The molecule has 1 unspecified atom stereocenters. The number of nitrogens with one attached hydrogen (secondary N) is 2. The molecule has 4 heterocycles. The van der Waals surface area contributed by atoms with Crippen molar-refractivity contribution in [1.82, 2.24) is 29.4 Å². The molecule has 1 aliphatic rings. The van der Waals surface area contributed by atoms with Gasteiger partial charge in [-0.1, -0.05) is 32.9 Å². The number of piperidine rings is 1. The smallest absolute Gasteiger partial charge is 0.329 e. The van der Waals surface area contributed by atoms with Crippen molar-refractivity contribution in [3.63, 3.8) is 0 Å². The van der Waals surface area contributed by atoms with Crippen LogP contribution >= 0.6 is 0 Å². The van der Waals surface area contributed by atoms with Gasteiger partial charge in [-0.2, -0.15) is 0 Å². The molecule has 9 heteroatoms. The van der Waals surface area contributed by atoms with Crippen LogP contribution in [0.5, 0.6) is 0 Å². The lowest BCUT2D eigenvalue weighted by Crippen LogP contribution is -2.40. The number of hydrogen-bond donors (Lipinski definition) is 2. The van der Waals surface area contributed by atoms with Gasteiger partial charge in [0.1, 0.15) is 5.82 Å². The van der Waals surface area contributed by atoms with Crippen LogP contribution in [0.25, 0.3) is 22.1 Å². The highest BCUT2D eigenvalue weighted by molar-refractivity contribution is 6.05. The Hall–Kier alpha value is -3.75. The molecular weight excluding hydrogens is 444 g/mol. The Bertz CT molecular complexity index is 1500. The zero-order valence-electron chi connectivity index (χ0n) is 20.3. The molecule has 0 aliphatic carbocycles. The largest absolute Gasteiger partial charge is 0.342 e. The van der Waals surface area contributed by atoms with Crippen molar-refractivity contribution in [2.75, 3.05) is 13.1 Å². The Labute approximate surface area is 202 Å². The normalized spacial score (nSPS) is 16.5. The number of nitrogens with zero attached hydrogens (tertiary/aromatic N) is 4. The van der Waals surface area contributed by atoms with E-state index in [9.17, 15) is 14.4 Å². The third-order valence-corrected chi connectivity index (χ3v) is 6.74. The maximum Gasteiger partial charge on any atom is 0.329 e. The van der Waals surface area contributed by atoms with E-state index >= 15 is 0 Å². The molecule has 0 bridgehead atoms. The van der Waals surface area contributed by atoms with E-state index in [-0.39, 0.29) is 28.8 Å². The number of hydrogen-bond acceptors (Lipinski definition) is 5. The minimum absolute atomic E-state index is 0.0278. The van der Waals surface area contributed by atoms with Gasteiger partial charge in [0.2, 0.25) is 0 Å². The molecule has 1 saturated heterocycles. The van der Waals surface area contributed by atoms with E-state index in [4.69, 9.17) is 4.98 Å². The molecule has 1 aliphatic heterocycles. The summed E-state index contributed by atoms with van der Waals surface area (Å²) in [5.74, 6) is 0.766. The summed E-state index contributed by atoms with van der Waals surface area (Å²) < 4.78 is 1.47. The lowest BCUT2D eigenvalue weighted by Gasteiger charge is -2.32. The first-order valence-electron chi connectivity index (χ1n) is 12.3. The number of rotatable bonds is 5. The number of benzene rings is 1. The quantitative estimate of drug-likeness (QED) is 0.459. The second kappa shape index (κ2) is 9.13.